The van der Waals surface area contributed by atoms with Crippen LogP contribution in [-0.4, -0.2) is 41.1 Å². The summed E-state index contributed by atoms with van der Waals surface area (Å²) in [6, 6.07) is 13.1. The van der Waals surface area contributed by atoms with Crippen LogP contribution in [0.15, 0.2) is 42.5 Å². The van der Waals surface area contributed by atoms with Gasteiger partial charge in [-0.2, -0.15) is 0 Å². The molecule has 0 N–H and O–H groups in total. The van der Waals surface area contributed by atoms with Crippen LogP contribution >= 0.6 is 0 Å². The molecule has 0 bridgehead atoms. The molecule has 5 nitrogen and oxygen atoms in total. The fourth-order valence-electron chi connectivity index (χ4n) is 4.71. The molecule has 0 atom stereocenters. The Bertz CT molecular complexity index is 1000. The molecule has 2 aliphatic rings. The highest BCUT2D eigenvalue weighted by Gasteiger charge is 2.44. The smallest absolute Gasteiger partial charge is 0.222 e. The number of rotatable bonds is 5. The van der Waals surface area contributed by atoms with Crippen molar-refractivity contribution in [1.29, 1.82) is 0 Å². The van der Waals surface area contributed by atoms with Gasteiger partial charge < -0.3 is 9.64 Å². The van der Waals surface area contributed by atoms with E-state index in [1.165, 1.54) is 0 Å². The summed E-state index contributed by atoms with van der Waals surface area (Å²) in [5.41, 5.74) is 2.92. The van der Waals surface area contributed by atoms with Gasteiger partial charge in [0, 0.05) is 44.3 Å². The van der Waals surface area contributed by atoms with E-state index in [1.54, 1.807) is 12.1 Å². The summed E-state index contributed by atoms with van der Waals surface area (Å²) in [6.07, 6.45) is 2.97. The van der Waals surface area contributed by atoms with E-state index in [1.807, 2.05) is 49.1 Å². The zero-order chi connectivity index (χ0) is 22.0. The molecular formula is C26H29NO4. The number of aryl methyl sites for hydroxylation is 2. The van der Waals surface area contributed by atoms with E-state index in [9.17, 15) is 14.4 Å². The largest absolute Gasteiger partial charge is 0.486 e. The SMILES string of the molecule is Cc1cc(C)c2c(c1)C(=O)CC1(CCN(C(=O)CCCC(=O)c3ccccc3)CC1)O2. The maximum absolute atomic E-state index is 12.8. The second kappa shape index (κ2) is 8.66. The molecule has 2 heterocycles. The van der Waals surface area contributed by atoms with Gasteiger partial charge in [-0.25, -0.2) is 0 Å². The number of hydrogen-bond donors (Lipinski definition) is 0. The Morgan fingerprint density at radius 3 is 2.45 bits per heavy atom. The highest BCUT2D eigenvalue weighted by molar-refractivity contribution is 6.01. The van der Waals surface area contributed by atoms with Gasteiger partial charge in [0.15, 0.2) is 11.6 Å². The highest BCUT2D eigenvalue weighted by Crippen LogP contribution is 2.41. The lowest BCUT2D eigenvalue weighted by Crippen LogP contribution is -2.52. The molecule has 0 radical (unpaired) electrons. The van der Waals surface area contributed by atoms with E-state index in [2.05, 4.69) is 0 Å². The highest BCUT2D eigenvalue weighted by atomic mass is 16.5. The van der Waals surface area contributed by atoms with Crippen LogP contribution in [-0.2, 0) is 4.79 Å². The van der Waals surface area contributed by atoms with Crippen LogP contribution in [0.5, 0.6) is 5.75 Å². The fraction of sp³-hybridized carbons (Fsp3) is 0.423. The lowest BCUT2D eigenvalue weighted by Gasteiger charge is -2.44. The Hall–Kier alpha value is -2.95. The van der Waals surface area contributed by atoms with Crippen molar-refractivity contribution >= 4 is 17.5 Å². The van der Waals surface area contributed by atoms with Gasteiger partial charge in [0.2, 0.25) is 5.91 Å². The van der Waals surface area contributed by atoms with Crippen LogP contribution in [0.2, 0.25) is 0 Å². The Morgan fingerprint density at radius 1 is 1.03 bits per heavy atom. The number of ether oxygens (including phenoxy) is 1. The van der Waals surface area contributed by atoms with Crippen LogP contribution in [0, 0.1) is 13.8 Å². The van der Waals surface area contributed by atoms with E-state index < -0.39 is 5.60 Å². The number of carbonyl (C=O) groups is 3. The summed E-state index contributed by atoms with van der Waals surface area (Å²) in [6.45, 7) is 5.13. The maximum atomic E-state index is 12.8. The topological polar surface area (TPSA) is 63.7 Å². The first-order chi connectivity index (χ1) is 14.9. The average Bonchev–Trinajstić information content (AvgIpc) is 2.76. The summed E-state index contributed by atoms with van der Waals surface area (Å²) in [5.74, 6) is 0.989. The van der Waals surface area contributed by atoms with Crippen molar-refractivity contribution in [2.45, 2.75) is 58.0 Å². The molecule has 0 saturated carbocycles. The monoisotopic (exact) mass is 419 g/mol. The zero-order valence-corrected chi connectivity index (χ0v) is 18.3. The maximum Gasteiger partial charge on any atom is 0.222 e. The number of amides is 1. The molecule has 1 fully saturated rings. The number of ketones is 2. The summed E-state index contributed by atoms with van der Waals surface area (Å²) in [5, 5.41) is 0. The second-order valence-electron chi connectivity index (χ2n) is 8.87. The molecule has 0 aliphatic carbocycles. The Morgan fingerprint density at radius 2 is 1.74 bits per heavy atom. The van der Waals surface area contributed by atoms with Crippen LogP contribution in [0.3, 0.4) is 0 Å². The van der Waals surface area contributed by atoms with Crippen LogP contribution in [0.1, 0.15) is 70.4 Å². The van der Waals surface area contributed by atoms with Crippen molar-refractivity contribution in [3.8, 4) is 5.75 Å². The van der Waals surface area contributed by atoms with Gasteiger partial charge in [-0.15, -0.1) is 0 Å². The molecule has 4 rings (SSSR count). The van der Waals surface area contributed by atoms with Crippen molar-refractivity contribution in [3.63, 3.8) is 0 Å². The normalized spacial score (nSPS) is 17.2. The minimum Gasteiger partial charge on any atom is -0.486 e. The lowest BCUT2D eigenvalue weighted by molar-refractivity contribution is -0.134. The molecule has 1 saturated heterocycles. The summed E-state index contributed by atoms with van der Waals surface area (Å²) in [4.78, 5) is 39.5. The molecule has 1 spiro atoms. The number of piperidine rings is 1. The number of fused-ring (bicyclic) bond motifs is 1. The molecule has 2 aromatic carbocycles. The van der Waals surface area contributed by atoms with Crippen LogP contribution < -0.4 is 4.74 Å². The molecule has 1 amide bonds. The predicted molar refractivity (Wildman–Crippen MR) is 119 cm³/mol. The molecule has 0 aromatic heterocycles. The number of hydrogen-bond acceptors (Lipinski definition) is 4. The first kappa shape index (κ1) is 21.3. The van der Waals surface area contributed by atoms with Gasteiger partial charge >= 0.3 is 0 Å². The molecule has 0 unspecified atom stereocenters. The van der Waals surface area contributed by atoms with Gasteiger partial charge in [-0.05, 0) is 37.5 Å². The molecule has 5 heteroatoms. The summed E-state index contributed by atoms with van der Waals surface area (Å²) < 4.78 is 6.40. The number of Topliss-reactive ketones (excluding diaryl/α,β-unsaturated/α-hetero) is 2. The molecule has 2 aromatic rings. The number of likely N-dealkylation sites (tertiary alicyclic amines) is 1. The van der Waals surface area contributed by atoms with Crippen LogP contribution in [0.25, 0.3) is 0 Å². The van der Waals surface area contributed by atoms with Gasteiger partial charge in [0.05, 0.1) is 12.0 Å². The first-order valence-electron chi connectivity index (χ1n) is 11.1. The van der Waals surface area contributed by atoms with E-state index in [0.29, 0.717) is 68.5 Å². The summed E-state index contributed by atoms with van der Waals surface area (Å²) in [7, 11) is 0. The van der Waals surface area contributed by atoms with E-state index in [4.69, 9.17) is 4.74 Å². The van der Waals surface area contributed by atoms with E-state index >= 15 is 0 Å². The second-order valence-corrected chi connectivity index (χ2v) is 8.87. The molecule has 2 aliphatic heterocycles. The van der Waals surface area contributed by atoms with Gasteiger partial charge in [-0.1, -0.05) is 36.4 Å². The van der Waals surface area contributed by atoms with Crippen LogP contribution in [0.4, 0.5) is 0 Å². The Balaban J connectivity index is 1.31. The van der Waals surface area contributed by atoms with E-state index in [0.717, 1.165) is 11.1 Å². The van der Waals surface area contributed by atoms with Gasteiger partial charge in [0.25, 0.3) is 0 Å². The minimum atomic E-state index is -0.510. The van der Waals surface area contributed by atoms with E-state index in [-0.39, 0.29) is 17.5 Å². The third-order valence-corrected chi connectivity index (χ3v) is 6.44. The van der Waals surface area contributed by atoms with Crippen molar-refractivity contribution in [3.05, 3.63) is 64.7 Å². The van der Waals surface area contributed by atoms with Crippen molar-refractivity contribution < 1.29 is 19.1 Å². The quantitative estimate of drug-likeness (QED) is 0.660. The Kier molecular flexibility index (Phi) is 5.94. The fourth-order valence-corrected chi connectivity index (χ4v) is 4.71. The number of carbonyl (C=O) groups excluding carboxylic acids is 3. The molecule has 31 heavy (non-hydrogen) atoms. The lowest BCUT2D eigenvalue weighted by atomic mass is 9.81. The third-order valence-electron chi connectivity index (χ3n) is 6.44. The number of benzene rings is 2. The van der Waals surface area contributed by atoms with Gasteiger partial charge in [0.1, 0.15) is 11.4 Å². The van der Waals surface area contributed by atoms with Crippen molar-refractivity contribution in [2.24, 2.45) is 0 Å². The standard InChI is InChI=1S/C26H29NO4/c1-18-15-19(2)25-21(16-18)23(29)17-26(31-25)11-13-27(14-12-26)24(30)10-6-9-22(28)20-7-4-3-5-8-20/h3-5,7-8,15-16H,6,9-14,17H2,1-2H3. The third kappa shape index (κ3) is 4.55. The Labute approximate surface area is 183 Å². The molecular weight excluding hydrogens is 390 g/mol. The minimum absolute atomic E-state index is 0.0735. The average molecular weight is 420 g/mol. The van der Waals surface area contributed by atoms with Crippen molar-refractivity contribution in [2.75, 3.05) is 13.1 Å². The zero-order valence-electron chi connectivity index (χ0n) is 18.3. The first-order valence-corrected chi connectivity index (χ1v) is 11.1. The number of nitrogens with zero attached hydrogens (tertiary/aromatic N) is 1. The predicted octanol–water partition coefficient (Wildman–Crippen LogP) is 4.68. The van der Waals surface area contributed by atoms with Gasteiger partial charge in [-0.3, -0.25) is 14.4 Å². The summed E-state index contributed by atoms with van der Waals surface area (Å²) >= 11 is 0. The van der Waals surface area contributed by atoms with Crippen molar-refractivity contribution in [1.82, 2.24) is 4.90 Å². The molecule has 162 valence electrons.